The van der Waals surface area contributed by atoms with Gasteiger partial charge in [-0.15, -0.1) is 0 Å². The molecule has 3 aromatic rings. The molecule has 204 valence electrons. The number of fused-ring (bicyclic) bond motifs is 1. The van der Waals surface area contributed by atoms with E-state index in [0.29, 0.717) is 24.2 Å². The van der Waals surface area contributed by atoms with E-state index in [-0.39, 0.29) is 17.6 Å². The number of aryl methyl sites for hydroxylation is 1. The van der Waals surface area contributed by atoms with E-state index < -0.39 is 36.3 Å². The van der Waals surface area contributed by atoms with Gasteiger partial charge in [-0.2, -0.15) is 5.10 Å². The van der Waals surface area contributed by atoms with Crippen LogP contribution in [0.4, 0.5) is 18.0 Å². The summed E-state index contributed by atoms with van der Waals surface area (Å²) in [6.07, 6.45) is -1.44. The highest BCUT2D eigenvalue weighted by molar-refractivity contribution is 6.05. The zero-order valence-corrected chi connectivity index (χ0v) is 22.5. The second-order valence-electron chi connectivity index (χ2n) is 11.0. The number of alkyl halides is 2. The summed E-state index contributed by atoms with van der Waals surface area (Å²) in [6, 6.07) is 7.25. The van der Waals surface area contributed by atoms with Crippen LogP contribution in [0.1, 0.15) is 56.5 Å². The molecule has 7 nitrogen and oxygen atoms in total. The SMILES string of the molecule is CC(C)N(CC(F)F)C(=O)c1cc(F)ccc1-c1cc(C2CN(C(=O)OC(C)(C)C)C2)cc2c1cnn2C. The number of carbonyl (C=O) groups excluding carboxylic acids is 2. The normalized spacial score (nSPS) is 14.3. The van der Waals surface area contributed by atoms with Gasteiger partial charge in [-0.05, 0) is 75.6 Å². The molecule has 0 radical (unpaired) electrons. The van der Waals surface area contributed by atoms with E-state index in [9.17, 15) is 22.8 Å². The molecule has 2 amide bonds. The molecule has 1 saturated heterocycles. The van der Waals surface area contributed by atoms with Gasteiger partial charge in [0.05, 0.1) is 23.8 Å². The number of nitrogens with zero attached hydrogens (tertiary/aromatic N) is 4. The number of halogens is 3. The zero-order chi connectivity index (χ0) is 27.9. The summed E-state index contributed by atoms with van der Waals surface area (Å²) < 4.78 is 48.1. The van der Waals surface area contributed by atoms with Crippen molar-refractivity contribution in [1.29, 1.82) is 0 Å². The molecule has 0 atom stereocenters. The summed E-state index contributed by atoms with van der Waals surface area (Å²) in [5, 5.41) is 5.11. The van der Waals surface area contributed by atoms with Crippen LogP contribution in [0.15, 0.2) is 36.5 Å². The van der Waals surface area contributed by atoms with Gasteiger partial charge in [-0.3, -0.25) is 9.48 Å². The zero-order valence-electron chi connectivity index (χ0n) is 22.5. The lowest BCUT2D eigenvalue weighted by Crippen LogP contribution is -2.50. The lowest BCUT2D eigenvalue weighted by molar-refractivity contribution is 0.00819. The van der Waals surface area contributed by atoms with Gasteiger partial charge in [-0.25, -0.2) is 18.0 Å². The molecule has 1 aliphatic rings. The molecule has 0 unspecified atom stereocenters. The molecule has 1 aliphatic heterocycles. The fraction of sp³-hybridized carbons (Fsp3) is 0.464. The van der Waals surface area contributed by atoms with Gasteiger partial charge in [0.25, 0.3) is 12.3 Å². The van der Waals surface area contributed by atoms with Crippen molar-refractivity contribution in [2.45, 2.75) is 58.6 Å². The second kappa shape index (κ2) is 10.3. The fourth-order valence-electron chi connectivity index (χ4n) is 4.65. The van der Waals surface area contributed by atoms with Gasteiger partial charge >= 0.3 is 6.09 Å². The van der Waals surface area contributed by atoms with Crippen molar-refractivity contribution >= 4 is 22.9 Å². The number of amides is 2. The predicted molar refractivity (Wildman–Crippen MR) is 139 cm³/mol. The maximum Gasteiger partial charge on any atom is 0.410 e. The van der Waals surface area contributed by atoms with Gasteiger partial charge < -0.3 is 14.5 Å². The molecule has 4 rings (SSSR count). The maximum absolute atomic E-state index is 14.4. The lowest BCUT2D eigenvalue weighted by atomic mass is 9.87. The second-order valence-corrected chi connectivity index (χ2v) is 11.0. The average Bonchev–Trinajstić information content (AvgIpc) is 3.15. The number of rotatable bonds is 6. The minimum atomic E-state index is -2.72. The van der Waals surface area contributed by atoms with Crippen LogP contribution in [-0.2, 0) is 11.8 Å². The summed E-state index contributed by atoms with van der Waals surface area (Å²) in [6.45, 7) is 8.90. The average molecular weight is 531 g/mol. The highest BCUT2D eigenvalue weighted by Gasteiger charge is 2.35. The Labute approximate surface area is 220 Å². The molecule has 1 aromatic heterocycles. The third kappa shape index (κ3) is 5.63. The first-order valence-electron chi connectivity index (χ1n) is 12.6. The van der Waals surface area contributed by atoms with Gasteiger partial charge in [-0.1, -0.05) is 6.07 Å². The van der Waals surface area contributed by atoms with Crippen LogP contribution in [0.5, 0.6) is 0 Å². The number of carbonyl (C=O) groups is 2. The first kappa shape index (κ1) is 27.5. The van der Waals surface area contributed by atoms with E-state index >= 15 is 0 Å². The highest BCUT2D eigenvalue weighted by atomic mass is 19.3. The Kier molecular flexibility index (Phi) is 7.45. The minimum Gasteiger partial charge on any atom is -0.444 e. The summed E-state index contributed by atoms with van der Waals surface area (Å²) in [4.78, 5) is 28.6. The maximum atomic E-state index is 14.4. The Balaban J connectivity index is 1.75. The van der Waals surface area contributed by atoms with Crippen molar-refractivity contribution in [3.8, 4) is 11.1 Å². The molecule has 0 bridgehead atoms. The number of ether oxygens (including phenoxy) is 1. The van der Waals surface area contributed by atoms with Crippen LogP contribution in [0.2, 0.25) is 0 Å². The fourth-order valence-corrected chi connectivity index (χ4v) is 4.65. The summed E-state index contributed by atoms with van der Waals surface area (Å²) in [5.41, 5.74) is 2.20. The van der Waals surface area contributed by atoms with E-state index in [4.69, 9.17) is 4.74 Å². The molecule has 10 heteroatoms. The van der Waals surface area contributed by atoms with Gasteiger partial charge in [0.1, 0.15) is 11.4 Å². The number of hydrogen-bond acceptors (Lipinski definition) is 4. The van der Waals surface area contributed by atoms with Crippen LogP contribution >= 0.6 is 0 Å². The van der Waals surface area contributed by atoms with E-state index in [1.807, 2.05) is 32.9 Å². The van der Waals surface area contributed by atoms with Gasteiger partial charge in [0.2, 0.25) is 0 Å². The van der Waals surface area contributed by atoms with Crippen LogP contribution in [-0.4, -0.2) is 69.3 Å². The van der Waals surface area contributed by atoms with E-state index in [2.05, 4.69) is 5.10 Å². The number of hydrogen-bond donors (Lipinski definition) is 0. The molecule has 2 heterocycles. The third-order valence-corrected chi connectivity index (χ3v) is 6.61. The van der Waals surface area contributed by atoms with Crippen molar-refractivity contribution in [2.24, 2.45) is 7.05 Å². The van der Waals surface area contributed by atoms with Crippen molar-refractivity contribution in [2.75, 3.05) is 19.6 Å². The lowest BCUT2D eigenvalue weighted by Gasteiger charge is -2.40. The van der Waals surface area contributed by atoms with Crippen LogP contribution in [0.25, 0.3) is 22.0 Å². The smallest absolute Gasteiger partial charge is 0.410 e. The largest absolute Gasteiger partial charge is 0.444 e. The quantitative estimate of drug-likeness (QED) is 0.402. The molecule has 0 spiro atoms. The van der Waals surface area contributed by atoms with Crippen molar-refractivity contribution in [3.05, 3.63) is 53.5 Å². The van der Waals surface area contributed by atoms with Crippen molar-refractivity contribution < 1.29 is 27.5 Å². The van der Waals surface area contributed by atoms with Crippen LogP contribution in [0, 0.1) is 5.82 Å². The molecule has 2 aromatic carbocycles. The number of benzene rings is 2. The molecule has 0 N–H and O–H groups in total. The topological polar surface area (TPSA) is 67.7 Å². The Bertz CT molecular complexity index is 1360. The monoisotopic (exact) mass is 530 g/mol. The van der Waals surface area contributed by atoms with E-state index in [1.54, 1.807) is 36.7 Å². The number of aromatic nitrogens is 2. The highest BCUT2D eigenvalue weighted by Crippen LogP contribution is 2.38. The third-order valence-electron chi connectivity index (χ3n) is 6.61. The summed E-state index contributed by atoms with van der Waals surface area (Å²) >= 11 is 0. The van der Waals surface area contributed by atoms with Crippen LogP contribution < -0.4 is 0 Å². The Morgan fingerprint density at radius 3 is 2.42 bits per heavy atom. The Morgan fingerprint density at radius 2 is 1.82 bits per heavy atom. The Hall–Kier alpha value is -3.56. The summed E-state index contributed by atoms with van der Waals surface area (Å²) in [5.74, 6) is -1.29. The first-order chi connectivity index (χ1) is 17.7. The predicted octanol–water partition coefficient (Wildman–Crippen LogP) is 5.83. The van der Waals surface area contributed by atoms with Crippen molar-refractivity contribution in [1.82, 2.24) is 19.6 Å². The van der Waals surface area contributed by atoms with Crippen LogP contribution in [0.3, 0.4) is 0 Å². The molecular formula is C28H33F3N4O3. The molecule has 0 saturated carbocycles. The summed E-state index contributed by atoms with van der Waals surface area (Å²) in [7, 11) is 1.80. The first-order valence-corrected chi connectivity index (χ1v) is 12.6. The van der Waals surface area contributed by atoms with Gasteiger partial charge in [0, 0.05) is 37.5 Å². The molecular weight excluding hydrogens is 497 g/mol. The van der Waals surface area contributed by atoms with E-state index in [0.717, 1.165) is 27.4 Å². The molecule has 38 heavy (non-hydrogen) atoms. The molecule has 1 fully saturated rings. The Morgan fingerprint density at radius 1 is 1.13 bits per heavy atom. The minimum absolute atomic E-state index is 0.00523. The van der Waals surface area contributed by atoms with Crippen molar-refractivity contribution in [3.63, 3.8) is 0 Å². The molecule has 0 aliphatic carbocycles. The van der Waals surface area contributed by atoms with Gasteiger partial charge in [0.15, 0.2) is 0 Å². The van der Waals surface area contributed by atoms with E-state index in [1.165, 1.54) is 12.1 Å². The standard InChI is InChI=1S/C28H33F3N4O3/c1-16(2)35(15-25(30)31)26(36)22-11-19(29)7-8-20(22)21-9-17(10-24-23(21)12-32-33(24)6)18-13-34(14-18)27(37)38-28(3,4)5/h7-12,16,18,25H,13-15H2,1-6H3. The number of likely N-dealkylation sites (tertiary alicyclic amines) is 1.